The molecule has 27 heavy (non-hydrogen) atoms. The molecule has 0 spiro atoms. The highest BCUT2D eigenvalue weighted by Gasteiger charge is 2.23. The van der Waals surface area contributed by atoms with Crippen molar-refractivity contribution in [3.63, 3.8) is 0 Å². The number of benzene rings is 2. The van der Waals surface area contributed by atoms with E-state index in [9.17, 15) is 8.42 Å². The minimum Gasteiger partial charge on any atom is -0.490 e. The second-order valence-corrected chi connectivity index (χ2v) is 8.29. The van der Waals surface area contributed by atoms with Crippen molar-refractivity contribution < 1.29 is 17.9 Å². The molecule has 0 aliphatic carbocycles. The smallest absolute Gasteiger partial charge is 0.241 e. The van der Waals surface area contributed by atoms with Gasteiger partial charge in [0, 0.05) is 6.04 Å². The first-order valence-electron chi connectivity index (χ1n) is 9.19. The maximum Gasteiger partial charge on any atom is 0.241 e. The average molecular weight is 392 g/mol. The second kappa shape index (κ2) is 8.76. The molecule has 0 heterocycles. The number of nitrogens with one attached hydrogen (secondary N) is 1. The lowest BCUT2D eigenvalue weighted by atomic mass is 10.1. The maximum absolute atomic E-state index is 13.0. The Morgan fingerprint density at radius 1 is 0.926 bits per heavy atom. The van der Waals surface area contributed by atoms with Gasteiger partial charge >= 0.3 is 0 Å². The molecule has 2 aromatic rings. The van der Waals surface area contributed by atoms with Gasteiger partial charge in [-0.1, -0.05) is 23.8 Å². The topological polar surface area (TPSA) is 64.6 Å². The van der Waals surface area contributed by atoms with Gasteiger partial charge in [0.25, 0.3) is 0 Å². The fourth-order valence-corrected chi connectivity index (χ4v) is 4.97. The summed E-state index contributed by atoms with van der Waals surface area (Å²) in [5, 5.41) is 0. The average Bonchev–Trinajstić information content (AvgIpc) is 2.55. The van der Waals surface area contributed by atoms with Crippen LogP contribution < -0.4 is 14.2 Å². The summed E-state index contributed by atoms with van der Waals surface area (Å²) in [5.41, 5.74) is 3.35. The highest BCUT2D eigenvalue weighted by Crippen LogP contribution is 2.31. The molecule has 0 aliphatic rings. The number of hydrogen-bond donors (Lipinski definition) is 1. The molecule has 0 saturated carbocycles. The summed E-state index contributed by atoms with van der Waals surface area (Å²) in [6.07, 6.45) is 0. The fourth-order valence-electron chi connectivity index (χ4n) is 3.29. The third-order valence-electron chi connectivity index (χ3n) is 4.27. The van der Waals surface area contributed by atoms with Crippen molar-refractivity contribution in [2.45, 2.75) is 52.5 Å². The van der Waals surface area contributed by atoms with E-state index in [4.69, 9.17) is 9.47 Å². The molecular formula is C21H29NO4S. The molecule has 0 fully saturated rings. The van der Waals surface area contributed by atoms with E-state index in [1.807, 2.05) is 71.9 Å². The Balaban J connectivity index is 2.33. The summed E-state index contributed by atoms with van der Waals surface area (Å²) in [6, 6.07) is 8.86. The van der Waals surface area contributed by atoms with Gasteiger partial charge in [0.15, 0.2) is 11.5 Å². The Bertz CT molecular complexity index is 883. The number of ether oxygens (including phenoxy) is 2. The lowest BCUT2D eigenvalue weighted by Crippen LogP contribution is -2.28. The first-order valence-corrected chi connectivity index (χ1v) is 10.7. The molecule has 6 heteroatoms. The van der Waals surface area contributed by atoms with E-state index >= 15 is 0 Å². The van der Waals surface area contributed by atoms with Gasteiger partial charge in [-0.15, -0.1) is 0 Å². The highest BCUT2D eigenvalue weighted by atomic mass is 32.2. The molecular weight excluding hydrogens is 362 g/mol. The summed E-state index contributed by atoms with van der Waals surface area (Å²) in [5.74, 6) is 1.27. The van der Waals surface area contributed by atoms with Gasteiger partial charge in [-0.2, -0.15) is 0 Å². The summed E-state index contributed by atoms with van der Waals surface area (Å²) in [7, 11) is -3.65. The predicted molar refractivity (Wildman–Crippen MR) is 108 cm³/mol. The lowest BCUT2D eigenvalue weighted by molar-refractivity contribution is 0.287. The quantitative estimate of drug-likeness (QED) is 0.722. The fraction of sp³-hybridized carbons (Fsp3) is 0.429. The van der Waals surface area contributed by atoms with Gasteiger partial charge < -0.3 is 9.47 Å². The van der Waals surface area contributed by atoms with Crippen molar-refractivity contribution in [2.24, 2.45) is 0 Å². The second-order valence-electron chi connectivity index (χ2n) is 6.64. The first kappa shape index (κ1) is 21.3. The van der Waals surface area contributed by atoms with E-state index in [1.54, 1.807) is 0 Å². The SMILES string of the molecule is CCOc1ccc(C(C)NS(=O)(=O)c2c(C)cc(C)cc2C)cc1OCC. The summed E-state index contributed by atoms with van der Waals surface area (Å²) < 4.78 is 40.0. The van der Waals surface area contributed by atoms with Crippen LogP contribution in [0.4, 0.5) is 0 Å². The van der Waals surface area contributed by atoms with Gasteiger partial charge in [0.05, 0.1) is 18.1 Å². The van der Waals surface area contributed by atoms with E-state index in [0.717, 1.165) is 22.3 Å². The standard InChI is InChI=1S/C21H29NO4S/c1-7-25-19-10-9-18(13-20(19)26-8-2)17(6)22-27(23,24)21-15(4)11-14(3)12-16(21)5/h9-13,17,22H,7-8H2,1-6H3. The molecule has 1 N–H and O–H groups in total. The Morgan fingerprint density at radius 2 is 1.48 bits per heavy atom. The van der Waals surface area contributed by atoms with Crippen LogP contribution in [-0.2, 0) is 10.0 Å². The number of sulfonamides is 1. The highest BCUT2D eigenvalue weighted by molar-refractivity contribution is 7.89. The Morgan fingerprint density at radius 3 is 2.04 bits per heavy atom. The zero-order chi connectivity index (χ0) is 20.2. The molecule has 5 nitrogen and oxygen atoms in total. The van der Waals surface area contributed by atoms with Crippen LogP contribution in [-0.4, -0.2) is 21.6 Å². The zero-order valence-corrected chi connectivity index (χ0v) is 17.7. The van der Waals surface area contributed by atoms with Crippen LogP contribution >= 0.6 is 0 Å². The van der Waals surface area contributed by atoms with Crippen molar-refractivity contribution in [2.75, 3.05) is 13.2 Å². The zero-order valence-electron chi connectivity index (χ0n) is 16.9. The van der Waals surface area contributed by atoms with E-state index in [-0.39, 0.29) is 0 Å². The third-order valence-corrected chi connectivity index (χ3v) is 6.12. The van der Waals surface area contributed by atoms with Crippen molar-refractivity contribution in [3.05, 3.63) is 52.6 Å². The van der Waals surface area contributed by atoms with E-state index in [0.29, 0.717) is 29.6 Å². The Hall–Kier alpha value is -2.05. The summed E-state index contributed by atoms with van der Waals surface area (Å²) >= 11 is 0. The molecule has 0 aromatic heterocycles. The van der Waals surface area contributed by atoms with Gasteiger partial charge in [-0.25, -0.2) is 13.1 Å². The number of aryl methyl sites for hydroxylation is 3. The van der Waals surface area contributed by atoms with Crippen LogP contribution in [0.3, 0.4) is 0 Å². The minimum atomic E-state index is -3.65. The van der Waals surface area contributed by atoms with E-state index in [2.05, 4.69) is 4.72 Å². The van der Waals surface area contributed by atoms with Crippen molar-refractivity contribution >= 4 is 10.0 Å². The van der Waals surface area contributed by atoms with Crippen molar-refractivity contribution in [1.29, 1.82) is 0 Å². The monoisotopic (exact) mass is 391 g/mol. The summed E-state index contributed by atoms with van der Waals surface area (Å²) in [6.45, 7) is 12.3. The lowest BCUT2D eigenvalue weighted by Gasteiger charge is -2.19. The normalized spacial score (nSPS) is 12.7. The van der Waals surface area contributed by atoms with Crippen LogP contribution in [0.5, 0.6) is 11.5 Å². The third kappa shape index (κ3) is 5.02. The van der Waals surface area contributed by atoms with Crippen LogP contribution in [0.2, 0.25) is 0 Å². The van der Waals surface area contributed by atoms with Gasteiger partial charge in [-0.05, 0) is 70.4 Å². The molecule has 1 atom stereocenters. The Labute approximate surface area is 162 Å². The minimum absolute atomic E-state index is 0.343. The number of rotatable bonds is 8. The molecule has 148 valence electrons. The van der Waals surface area contributed by atoms with Crippen molar-refractivity contribution in [3.8, 4) is 11.5 Å². The van der Waals surface area contributed by atoms with E-state index in [1.165, 1.54) is 0 Å². The van der Waals surface area contributed by atoms with Crippen LogP contribution in [0.15, 0.2) is 35.2 Å². The molecule has 0 saturated heterocycles. The molecule has 2 rings (SSSR count). The van der Waals surface area contributed by atoms with Gasteiger partial charge in [0.2, 0.25) is 10.0 Å². The van der Waals surface area contributed by atoms with Crippen molar-refractivity contribution in [1.82, 2.24) is 4.72 Å². The molecule has 0 bridgehead atoms. The predicted octanol–water partition coefficient (Wildman–Crippen LogP) is 4.45. The molecule has 1 unspecified atom stereocenters. The van der Waals surface area contributed by atoms with Gasteiger partial charge in [0.1, 0.15) is 0 Å². The van der Waals surface area contributed by atoms with Crippen LogP contribution in [0, 0.1) is 20.8 Å². The molecule has 0 amide bonds. The Kier molecular flexibility index (Phi) is 6.89. The van der Waals surface area contributed by atoms with Crippen LogP contribution in [0.25, 0.3) is 0 Å². The maximum atomic E-state index is 13.0. The molecule has 0 radical (unpaired) electrons. The van der Waals surface area contributed by atoms with E-state index < -0.39 is 16.1 Å². The van der Waals surface area contributed by atoms with Gasteiger partial charge in [-0.3, -0.25) is 0 Å². The first-order chi connectivity index (χ1) is 12.7. The largest absolute Gasteiger partial charge is 0.490 e. The number of hydrogen-bond acceptors (Lipinski definition) is 4. The molecule has 2 aromatic carbocycles. The molecule has 0 aliphatic heterocycles. The van der Waals surface area contributed by atoms with Crippen LogP contribution in [0.1, 0.15) is 49.1 Å². The summed E-state index contributed by atoms with van der Waals surface area (Å²) in [4.78, 5) is 0.343.